The van der Waals surface area contributed by atoms with E-state index in [-0.39, 0.29) is 44.8 Å². The minimum atomic E-state index is -0.232. The van der Waals surface area contributed by atoms with Crippen molar-refractivity contribution < 1.29 is 4.42 Å². The third-order valence-electron chi connectivity index (χ3n) is 20.7. The fourth-order valence-electron chi connectivity index (χ4n) is 15.7. The van der Waals surface area contributed by atoms with Gasteiger partial charge in [-0.25, -0.2) is 0 Å². The van der Waals surface area contributed by atoms with E-state index >= 15 is 0 Å². The summed E-state index contributed by atoms with van der Waals surface area (Å²) >= 11 is 0. The number of hydrogen-bond acceptors (Lipinski definition) is 3. The highest BCUT2D eigenvalue weighted by atomic mass is 16.3. The first-order valence-corrected chi connectivity index (χ1v) is 28.2. The molecule has 6 aliphatic rings. The van der Waals surface area contributed by atoms with Gasteiger partial charge in [0.2, 0.25) is 0 Å². The van der Waals surface area contributed by atoms with Gasteiger partial charge in [0.15, 0.2) is 0 Å². The summed E-state index contributed by atoms with van der Waals surface area (Å²) in [5.41, 5.74) is 29.7. The van der Waals surface area contributed by atoms with Crippen LogP contribution in [0, 0.1) is 6.92 Å². The zero-order chi connectivity index (χ0) is 51.8. The minimum absolute atomic E-state index is 0.0140. The molecular formula is C70H75BN2O. The lowest BCUT2D eigenvalue weighted by Gasteiger charge is -2.49. The van der Waals surface area contributed by atoms with Crippen LogP contribution >= 0.6 is 0 Å². The van der Waals surface area contributed by atoms with Crippen molar-refractivity contribution in [3.05, 3.63) is 159 Å². The molecule has 0 atom stereocenters. The maximum atomic E-state index is 7.01. The molecule has 0 spiro atoms. The molecule has 0 amide bonds. The Labute approximate surface area is 441 Å². The summed E-state index contributed by atoms with van der Waals surface area (Å²) in [5, 5.41) is 2.33. The summed E-state index contributed by atoms with van der Waals surface area (Å²) in [4.78, 5) is 5.57. The first kappa shape index (κ1) is 46.5. The first-order valence-electron chi connectivity index (χ1n) is 28.2. The van der Waals surface area contributed by atoms with Crippen LogP contribution in [0.2, 0.25) is 0 Å². The molecule has 0 saturated carbocycles. The summed E-state index contributed by atoms with van der Waals surface area (Å²) < 4.78 is 7.01. The normalized spacial score (nSPS) is 21.0. The Kier molecular flexibility index (Phi) is 9.10. The second kappa shape index (κ2) is 14.5. The fraction of sp³-hybridized carbons (Fsp3) is 0.400. The van der Waals surface area contributed by atoms with E-state index in [2.05, 4.69) is 223 Å². The van der Waals surface area contributed by atoms with Crippen molar-refractivity contribution in [3.8, 4) is 22.3 Å². The average molecular weight is 971 g/mol. The number of benzene rings is 7. The molecule has 4 heteroatoms. The molecule has 374 valence electrons. The standard InChI is InChI=1S/C70H75BN2O/c1-40-32-48-51(68(10,11)30-28-65(48,4)5)36-55(40)72-57-35-44-42-20-17-19-23-59(42)74-60(44)39-54(57)71-63-58(72)38-53-61(43-21-16-18-22-46(43)70(53,14)15)62(63)45-34-50-52(69(12,13)31-29-67(50,8)9)37-56(45)73(71)41-24-25-47-49(33-41)66(6,7)27-26-64(47,2)3/h16-25,32-39H,26-31H2,1-15H3. The molecule has 0 bridgehead atoms. The van der Waals surface area contributed by atoms with E-state index in [0.717, 1.165) is 47.6 Å². The molecule has 8 aromatic rings. The lowest BCUT2D eigenvalue weighted by Crippen LogP contribution is -2.62. The molecule has 2 aliphatic heterocycles. The predicted molar refractivity (Wildman–Crippen MR) is 316 cm³/mol. The van der Waals surface area contributed by atoms with Gasteiger partial charge in [-0.2, -0.15) is 0 Å². The van der Waals surface area contributed by atoms with Crippen molar-refractivity contribution in [2.45, 2.75) is 180 Å². The van der Waals surface area contributed by atoms with E-state index in [1.807, 2.05) is 0 Å². The summed E-state index contributed by atoms with van der Waals surface area (Å²) in [6.45, 7) is 37.0. The van der Waals surface area contributed by atoms with Gasteiger partial charge in [-0.05, 0) is 210 Å². The first-order chi connectivity index (χ1) is 34.8. The molecule has 0 unspecified atom stereocenters. The number of nitrogens with zero attached hydrogens (tertiary/aromatic N) is 2. The topological polar surface area (TPSA) is 19.6 Å². The quantitative estimate of drug-likeness (QED) is 0.161. The lowest BCUT2D eigenvalue weighted by atomic mass is 9.42. The predicted octanol–water partition coefficient (Wildman–Crippen LogP) is 18.0. The summed E-state index contributed by atoms with van der Waals surface area (Å²) in [7, 11) is 0. The van der Waals surface area contributed by atoms with Crippen LogP contribution in [0.1, 0.15) is 186 Å². The Morgan fingerprint density at radius 3 is 1.61 bits per heavy atom. The Balaban J connectivity index is 1.19. The van der Waals surface area contributed by atoms with E-state index in [4.69, 9.17) is 4.42 Å². The van der Waals surface area contributed by atoms with Gasteiger partial charge in [-0.1, -0.05) is 152 Å². The zero-order valence-electron chi connectivity index (χ0n) is 47.0. The van der Waals surface area contributed by atoms with Gasteiger partial charge in [-0.15, -0.1) is 0 Å². The Bertz CT molecular complexity index is 3810. The number of rotatable bonds is 2. The molecule has 3 nitrogen and oxygen atoms in total. The van der Waals surface area contributed by atoms with Gasteiger partial charge in [0.05, 0.1) is 0 Å². The van der Waals surface area contributed by atoms with E-state index < -0.39 is 0 Å². The molecule has 0 radical (unpaired) electrons. The molecule has 0 N–H and O–H groups in total. The van der Waals surface area contributed by atoms with Crippen LogP contribution in [0.25, 0.3) is 44.2 Å². The second-order valence-electron chi connectivity index (χ2n) is 28.5. The molecule has 0 saturated heterocycles. The monoisotopic (exact) mass is 971 g/mol. The smallest absolute Gasteiger partial charge is 0.333 e. The van der Waals surface area contributed by atoms with Gasteiger partial charge >= 0.3 is 6.85 Å². The van der Waals surface area contributed by atoms with E-state index in [9.17, 15) is 0 Å². The third-order valence-corrected chi connectivity index (χ3v) is 20.7. The summed E-state index contributed by atoms with van der Waals surface area (Å²) in [6.07, 6.45) is 7.01. The highest BCUT2D eigenvalue weighted by molar-refractivity contribution is 6.94. The molecule has 14 rings (SSSR count). The molecular weight excluding hydrogens is 896 g/mol. The fourth-order valence-corrected chi connectivity index (χ4v) is 15.7. The van der Waals surface area contributed by atoms with Gasteiger partial charge in [-0.3, -0.25) is 0 Å². The van der Waals surface area contributed by atoms with E-state index in [1.165, 1.54) is 125 Å². The number of aryl methyl sites for hydroxylation is 1. The van der Waals surface area contributed by atoms with Crippen LogP contribution in [0.15, 0.2) is 114 Å². The van der Waals surface area contributed by atoms with Crippen LogP contribution in [-0.2, 0) is 37.9 Å². The summed E-state index contributed by atoms with van der Waals surface area (Å²) in [6, 6.07) is 44.0. The van der Waals surface area contributed by atoms with E-state index in [0.29, 0.717) is 0 Å². The van der Waals surface area contributed by atoms with Crippen LogP contribution < -0.4 is 20.6 Å². The number of para-hydroxylation sites is 1. The SMILES string of the molecule is Cc1cc2c(cc1N1c3cc4c(cc3B3c5c1cc1c(c5-c5cc6c(cc5N3c3ccc5c(c3)C(C)(C)CCC5(C)C)C(C)(C)CCC6(C)C)-c3ccccc3C1(C)C)oc1ccccc14)C(C)(C)CCC2(C)C. The second-order valence-corrected chi connectivity index (χ2v) is 28.5. The van der Waals surface area contributed by atoms with Gasteiger partial charge < -0.3 is 14.1 Å². The Morgan fingerprint density at radius 1 is 0.405 bits per heavy atom. The van der Waals surface area contributed by atoms with Gasteiger partial charge in [0.25, 0.3) is 0 Å². The molecule has 3 heterocycles. The summed E-state index contributed by atoms with van der Waals surface area (Å²) in [5.74, 6) is 0. The van der Waals surface area contributed by atoms with E-state index in [1.54, 1.807) is 0 Å². The molecule has 1 aromatic heterocycles. The highest BCUT2D eigenvalue weighted by Crippen LogP contribution is 2.61. The maximum Gasteiger partial charge on any atom is 0.333 e. The number of anilines is 5. The highest BCUT2D eigenvalue weighted by Gasteiger charge is 2.52. The van der Waals surface area contributed by atoms with Crippen molar-refractivity contribution in [1.82, 2.24) is 0 Å². The minimum Gasteiger partial charge on any atom is -0.456 e. The molecule has 0 fully saturated rings. The van der Waals surface area contributed by atoms with Crippen LogP contribution in [0.5, 0.6) is 0 Å². The number of furan rings is 1. The largest absolute Gasteiger partial charge is 0.456 e. The van der Waals surface area contributed by atoms with Crippen molar-refractivity contribution in [2.75, 3.05) is 9.71 Å². The zero-order valence-corrected chi connectivity index (χ0v) is 47.0. The molecule has 4 aliphatic carbocycles. The molecule has 74 heavy (non-hydrogen) atoms. The third kappa shape index (κ3) is 6.09. The van der Waals surface area contributed by atoms with Crippen LogP contribution in [0.4, 0.5) is 28.4 Å². The van der Waals surface area contributed by atoms with Crippen LogP contribution in [-0.4, -0.2) is 6.85 Å². The lowest BCUT2D eigenvalue weighted by molar-refractivity contribution is 0.332. The maximum absolute atomic E-state index is 7.01. The Morgan fingerprint density at radius 2 is 0.946 bits per heavy atom. The number of fused-ring (bicyclic) bond motifs is 14. The Hall–Kier alpha value is -6.00. The van der Waals surface area contributed by atoms with Gasteiger partial charge in [0, 0.05) is 50.2 Å². The van der Waals surface area contributed by atoms with Crippen LogP contribution in [0.3, 0.4) is 0 Å². The van der Waals surface area contributed by atoms with Crippen molar-refractivity contribution >= 4 is 68.1 Å². The van der Waals surface area contributed by atoms with Gasteiger partial charge in [0.1, 0.15) is 11.2 Å². The average Bonchev–Trinajstić information content (AvgIpc) is 3.90. The molecule has 7 aromatic carbocycles. The van der Waals surface area contributed by atoms with Crippen molar-refractivity contribution in [1.29, 1.82) is 0 Å². The van der Waals surface area contributed by atoms with Crippen molar-refractivity contribution in [2.24, 2.45) is 0 Å². The van der Waals surface area contributed by atoms with Crippen molar-refractivity contribution in [3.63, 3.8) is 0 Å². The number of hydrogen-bond donors (Lipinski definition) is 0.